The first-order valence-electron chi connectivity index (χ1n) is 4.76. The van der Waals surface area contributed by atoms with E-state index in [4.69, 9.17) is 0 Å². The van der Waals surface area contributed by atoms with Crippen molar-refractivity contribution in [1.29, 1.82) is 0 Å². The van der Waals surface area contributed by atoms with Gasteiger partial charge in [-0.15, -0.1) is 11.3 Å². The highest BCUT2D eigenvalue weighted by atomic mass is 32.1. The van der Waals surface area contributed by atoms with Crippen LogP contribution in [0.4, 0.5) is 0 Å². The van der Waals surface area contributed by atoms with Crippen LogP contribution in [0.5, 0.6) is 0 Å². The topological polar surface area (TPSA) is 20.2 Å². The first kappa shape index (κ1) is 10.7. The summed E-state index contributed by atoms with van der Waals surface area (Å²) in [6, 6.07) is 4.12. The maximum absolute atomic E-state index is 9.96. The van der Waals surface area contributed by atoms with Crippen LogP contribution in [-0.2, 0) is 6.42 Å². The van der Waals surface area contributed by atoms with Gasteiger partial charge in [-0.2, -0.15) is 0 Å². The van der Waals surface area contributed by atoms with E-state index in [9.17, 15) is 5.11 Å². The number of rotatable bonds is 4. The van der Waals surface area contributed by atoms with Crippen LogP contribution < -0.4 is 0 Å². The number of aliphatic hydroxyl groups is 1. The Hall–Kier alpha value is -0.340. The van der Waals surface area contributed by atoms with E-state index >= 15 is 0 Å². The molecule has 0 saturated heterocycles. The molecule has 1 atom stereocenters. The Labute approximate surface area is 84.4 Å². The summed E-state index contributed by atoms with van der Waals surface area (Å²) in [6.45, 7) is 6.36. The quantitative estimate of drug-likeness (QED) is 0.788. The fourth-order valence-corrected chi connectivity index (χ4v) is 1.87. The fraction of sp³-hybridized carbons (Fsp3) is 0.636. The minimum absolute atomic E-state index is 0.0317. The summed E-state index contributed by atoms with van der Waals surface area (Å²) in [5.41, 5.74) is 0.0317. The molecule has 0 bridgehead atoms. The van der Waals surface area contributed by atoms with E-state index in [1.54, 1.807) is 11.3 Å². The van der Waals surface area contributed by atoms with E-state index < -0.39 is 0 Å². The Morgan fingerprint density at radius 1 is 1.54 bits per heavy atom. The molecule has 0 aromatic carbocycles. The molecule has 1 aromatic rings. The Morgan fingerprint density at radius 3 is 2.69 bits per heavy atom. The van der Waals surface area contributed by atoms with Crippen molar-refractivity contribution in [2.75, 3.05) is 0 Å². The molecule has 0 spiro atoms. The molecule has 0 aliphatic rings. The third-order valence-electron chi connectivity index (χ3n) is 2.79. The number of hydrogen-bond acceptors (Lipinski definition) is 2. The predicted molar refractivity (Wildman–Crippen MR) is 58.1 cm³/mol. The summed E-state index contributed by atoms with van der Waals surface area (Å²) in [5.74, 6) is 0. The molecule has 0 aliphatic carbocycles. The van der Waals surface area contributed by atoms with E-state index in [-0.39, 0.29) is 11.5 Å². The lowest BCUT2D eigenvalue weighted by Crippen LogP contribution is -2.30. The molecule has 1 unspecified atom stereocenters. The van der Waals surface area contributed by atoms with Crippen LogP contribution in [0.1, 0.15) is 32.1 Å². The van der Waals surface area contributed by atoms with E-state index in [1.807, 2.05) is 6.07 Å². The third-order valence-corrected chi connectivity index (χ3v) is 3.69. The molecule has 0 saturated carbocycles. The lowest BCUT2D eigenvalue weighted by molar-refractivity contribution is 0.0486. The van der Waals surface area contributed by atoms with Crippen LogP contribution >= 0.6 is 11.3 Å². The highest BCUT2D eigenvalue weighted by Gasteiger charge is 2.25. The molecule has 0 radical (unpaired) electrons. The highest BCUT2D eigenvalue weighted by molar-refractivity contribution is 7.09. The molecule has 1 aromatic heterocycles. The van der Waals surface area contributed by atoms with Gasteiger partial charge in [0.25, 0.3) is 0 Å². The highest BCUT2D eigenvalue weighted by Crippen LogP contribution is 2.28. The molecule has 1 rings (SSSR count). The predicted octanol–water partition coefficient (Wildman–Crippen LogP) is 3.09. The van der Waals surface area contributed by atoms with Crippen LogP contribution in [0.2, 0.25) is 0 Å². The van der Waals surface area contributed by atoms with Crippen molar-refractivity contribution in [3.63, 3.8) is 0 Å². The van der Waals surface area contributed by atoms with Crippen LogP contribution in [0.3, 0.4) is 0 Å². The van der Waals surface area contributed by atoms with Crippen molar-refractivity contribution in [3.05, 3.63) is 22.4 Å². The zero-order chi connectivity index (χ0) is 9.90. The van der Waals surface area contributed by atoms with Gasteiger partial charge in [-0.3, -0.25) is 0 Å². The van der Waals surface area contributed by atoms with Gasteiger partial charge < -0.3 is 5.11 Å². The zero-order valence-corrected chi connectivity index (χ0v) is 9.40. The monoisotopic (exact) mass is 198 g/mol. The normalized spacial score (nSPS) is 14.5. The number of thiophene rings is 1. The largest absolute Gasteiger partial charge is 0.392 e. The molecular formula is C11H18OS. The van der Waals surface area contributed by atoms with Gasteiger partial charge in [-0.05, 0) is 23.3 Å². The van der Waals surface area contributed by atoms with E-state index in [0.29, 0.717) is 0 Å². The van der Waals surface area contributed by atoms with Gasteiger partial charge in [0.15, 0.2) is 0 Å². The summed E-state index contributed by atoms with van der Waals surface area (Å²) in [7, 11) is 0. The number of hydrogen-bond donors (Lipinski definition) is 1. The average Bonchev–Trinajstić information content (AvgIpc) is 2.57. The Morgan fingerprint density at radius 2 is 2.23 bits per heavy atom. The van der Waals surface area contributed by atoms with Gasteiger partial charge in [-0.25, -0.2) is 0 Å². The van der Waals surface area contributed by atoms with Gasteiger partial charge in [0.2, 0.25) is 0 Å². The smallest absolute Gasteiger partial charge is 0.0639 e. The van der Waals surface area contributed by atoms with Crippen molar-refractivity contribution in [3.8, 4) is 0 Å². The molecule has 0 fully saturated rings. The molecular weight excluding hydrogens is 180 g/mol. The Bertz CT molecular complexity index is 239. The molecule has 2 heteroatoms. The van der Waals surface area contributed by atoms with Crippen molar-refractivity contribution in [1.82, 2.24) is 0 Å². The molecule has 1 heterocycles. The van der Waals surface area contributed by atoms with Gasteiger partial charge >= 0.3 is 0 Å². The third kappa shape index (κ3) is 2.82. The summed E-state index contributed by atoms with van der Waals surface area (Å²) < 4.78 is 0. The van der Waals surface area contributed by atoms with Crippen LogP contribution in [-0.4, -0.2) is 11.2 Å². The summed E-state index contributed by atoms with van der Waals surface area (Å²) >= 11 is 1.72. The summed E-state index contributed by atoms with van der Waals surface area (Å²) in [6.07, 6.45) is 1.58. The first-order valence-corrected chi connectivity index (χ1v) is 5.64. The van der Waals surface area contributed by atoms with Gasteiger partial charge in [0.05, 0.1) is 6.10 Å². The molecule has 0 amide bonds. The summed E-state index contributed by atoms with van der Waals surface area (Å²) in [4.78, 5) is 1.27. The lowest BCUT2D eigenvalue weighted by atomic mass is 9.82. The van der Waals surface area contributed by atoms with E-state index in [1.165, 1.54) is 4.88 Å². The Kier molecular flexibility index (Phi) is 3.51. The Balaban J connectivity index is 2.55. The average molecular weight is 198 g/mol. The van der Waals surface area contributed by atoms with E-state index in [2.05, 4.69) is 32.2 Å². The summed E-state index contributed by atoms with van der Waals surface area (Å²) in [5, 5.41) is 12.0. The van der Waals surface area contributed by atoms with Gasteiger partial charge in [0.1, 0.15) is 0 Å². The molecule has 1 N–H and O–H groups in total. The van der Waals surface area contributed by atoms with Crippen molar-refractivity contribution in [2.24, 2.45) is 5.41 Å². The number of aliphatic hydroxyl groups excluding tert-OH is 1. The van der Waals surface area contributed by atoms with Gasteiger partial charge in [-0.1, -0.05) is 26.8 Å². The first-order chi connectivity index (χ1) is 6.06. The second kappa shape index (κ2) is 4.25. The second-order valence-electron chi connectivity index (χ2n) is 4.14. The van der Waals surface area contributed by atoms with Crippen molar-refractivity contribution in [2.45, 2.75) is 39.7 Å². The van der Waals surface area contributed by atoms with Crippen LogP contribution in [0.15, 0.2) is 17.5 Å². The van der Waals surface area contributed by atoms with Crippen molar-refractivity contribution >= 4 is 11.3 Å². The van der Waals surface area contributed by atoms with E-state index in [0.717, 1.165) is 12.8 Å². The van der Waals surface area contributed by atoms with Crippen LogP contribution in [0.25, 0.3) is 0 Å². The SMILES string of the molecule is CCC(C)(C)C(O)Cc1cccs1. The van der Waals surface area contributed by atoms with Crippen LogP contribution in [0, 0.1) is 5.41 Å². The van der Waals surface area contributed by atoms with Gasteiger partial charge in [0, 0.05) is 11.3 Å². The molecule has 0 aliphatic heterocycles. The lowest BCUT2D eigenvalue weighted by Gasteiger charge is -2.28. The molecule has 74 valence electrons. The zero-order valence-electron chi connectivity index (χ0n) is 8.58. The second-order valence-corrected chi connectivity index (χ2v) is 5.17. The molecule has 13 heavy (non-hydrogen) atoms. The van der Waals surface area contributed by atoms with Crippen molar-refractivity contribution < 1.29 is 5.11 Å². The standard InChI is InChI=1S/C11H18OS/c1-4-11(2,3)10(12)8-9-6-5-7-13-9/h5-7,10,12H,4,8H2,1-3H3. The fourth-order valence-electron chi connectivity index (χ4n) is 1.13. The maximum Gasteiger partial charge on any atom is 0.0639 e. The minimum atomic E-state index is -0.226. The molecule has 1 nitrogen and oxygen atoms in total. The maximum atomic E-state index is 9.96. The minimum Gasteiger partial charge on any atom is -0.392 e.